The van der Waals surface area contributed by atoms with Crippen LogP contribution in [0.15, 0.2) is 30.3 Å². The predicted octanol–water partition coefficient (Wildman–Crippen LogP) is 2.83. The molecule has 0 bridgehead atoms. The second-order valence-electron chi connectivity index (χ2n) is 7.10. The van der Waals surface area contributed by atoms with E-state index in [1.54, 1.807) is 17.8 Å². The van der Waals surface area contributed by atoms with Crippen LogP contribution >= 0.6 is 11.8 Å². The van der Waals surface area contributed by atoms with Crippen molar-refractivity contribution in [2.24, 2.45) is 0 Å². The van der Waals surface area contributed by atoms with Crippen LogP contribution < -0.4 is 0 Å². The number of aromatic amines is 1. The third-order valence-corrected chi connectivity index (χ3v) is 5.29. The number of benzene rings is 1. The molecule has 1 aromatic carbocycles. The Hall–Kier alpha value is -2.15. The summed E-state index contributed by atoms with van der Waals surface area (Å²) in [6.45, 7) is 7.26. The Kier molecular flexibility index (Phi) is 5.22. The minimum absolute atomic E-state index is 0.0185. The molecule has 2 heterocycles. The van der Waals surface area contributed by atoms with Gasteiger partial charge in [-0.25, -0.2) is 0 Å². The van der Waals surface area contributed by atoms with Gasteiger partial charge in [-0.2, -0.15) is 17.0 Å². The second-order valence-corrected chi connectivity index (χ2v) is 8.25. The van der Waals surface area contributed by atoms with Gasteiger partial charge in [-0.3, -0.25) is 4.79 Å². The lowest BCUT2D eigenvalue weighted by molar-refractivity contribution is -0.128. The Bertz CT molecular complexity index is 734. The summed E-state index contributed by atoms with van der Waals surface area (Å²) in [4.78, 5) is 14.5. The summed E-state index contributed by atoms with van der Waals surface area (Å²) in [6, 6.07) is 8.20. The average molecular weight is 357 g/mol. The van der Waals surface area contributed by atoms with Gasteiger partial charge in [0.25, 0.3) is 0 Å². The molecule has 0 spiro atoms. The third-order valence-electron chi connectivity index (χ3n) is 4.27. The molecule has 7 heteroatoms. The summed E-state index contributed by atoms with van der Waals surface area (Å²) in [5, 5.41) is 14.2. The van der Waals surface area contributed by atoms with E-state index in [9.17, 15) is 4.79 Å². The van der Waals surface area contributed by atoms with Crippen LogP contribution in [0.25, 0.3) is 6.08 Å². The highest BCUT2D eigenvalue weighted by atomic mass is 32.2. The summed E-state index contributed by atoms with van der Waals surface area (Å²) in [5.74, 6) is 2.27. The summed E-state index contributed by atoms with van der Waals surface area (Å²) in [6.07, 6.45) is 3.50. The van der Waals surface area contributed by atoms with Gasteiger partial charge in [0.15, 0.2) is 5.82 Å². The zero-order chi connectivity index (χ0) is 17.9. The molecule has 6 nitrogen and oxygen atoms in total. The minimum Gasteiger partial charge on any atom is -0.327 e. The van der Waals surface area contributed by atoms with E-state index < -0.39 is 0 Å². The number of hydrogen-bond acceptors (Lipinski definition) is 5. The molecule has 1 amide bonds. The lowest BCUT2D eigenvalue weighted by Crippen LogP contribution is -2.40. The Morgan fingerprint density at radius 1 is 1.32 bits per heavy atom. The van der Waals surface area contributed by atoms with Crippen molar-refractivity contribution >= 4 is 23.7 Å². The highest BCUT2D eigenvalue weighted by Crippen LogP contribution is 2.27. The van der Waals surface area contributed by atoms with E-state index in [2.05, 4.69) is 53.5 Å². The minimum atomic E-state index is -0.127. The Morgan fingerprint density at radius 3 is 2.72 bits per heavy atom. The molecule has 25 heavy (non-hydrogen) atoms. The number of nitrogens with one attached hydrogen (secondary N) is 1. The van der Waals surface area contributed by atoms with Gasteiger partial charge >= 0.3 is 0 Å². The van der Waals surface area contributed by atoms with Gasteiger partial charge in [0.05, 0.1) is 0 Å². The van der Waals surface area contributed by atoms with Crippen LogP contribution in [-0.4, -0.2) is 49.5 Å². The number of thioether (sulfide) groups is 1. The van der Waals surface area contributed by atoms with Crippen LogP contribution in [0, 0.1) is 0 Å². The van der Waals surface area contributed by atoms with Gasteiger partial charge in [0.2, 0.25) is 5.91 Å². The topological polar surface area (TPSA) is 74.8 Å². The number of nitrogens with zero attached hydrogens (tertiary/aromatic N) is 4. The van der Waals surface area contributed by atoms with Crippen molar-refractivity contribution in [1.82, 2.24) is 25.5 Å². The smallest absolute Gasteiger partial charge is 0.247 e. The van der Waals surface area contributed by atoms with Crippen LogP contribution in [0.2, 0.25) is 0 Å². The zero-order valence-corrected chi connectivity index (χ0v) is 15.6. The second kappa shape index (κ2) is 7.39. The van der Waals surface area contributed by atoms with E-state index in [0.717, 1.165) is 17.1 Å². The molecule has 1 fully saturated rings. The van der Waals surface area contributed by atoms with E-state index in [1.165, 1.54) is 5.56 Å². The van der Waals surface area contributed by atoms with Crippen molar-refractivity contribution in [2.75, 3.05) is 18.1 Å². The fraction of sp³-hybridized carbons (Fsp3) is 0.444. The largest absolute Gasteiger partial charge is 0.327 e. The summed E-state index contributed by atoms with van der Waals surface area (Å²) >= 11 is 1.80. The molecular formula is C18H23N5OS. The number of rotatable bonds is 3. The number of H-pyrrole nitrogens is 1. The first kappa shape index (κ1) is 17.7. The maximum Gasteiger partial charge on any atom is 0.247 e. The number of carbonyl (C=O) groups is 1. The van der Waals surface area contributed by atoms with E-state index in [-0.39, 0.29) is 17.4 Å². The molecule has 0 saturated carbocycles. The number of aromatic nitrogens is 4. The van der Waals surface area contributed by atoms with Crippen molar-refractivity contribution in [1.29, 1.82) is 0 Å². The van der Waals surface area contributed by atoms with E-state index in [1.807, 2.05) is 23.1 Å². The molecule has 1 atom stereocenters. The molecule has 1 N–H and O–H groups in total. The molecule has 1 saturated heterocycles. The maximum absolute atomic E-state index is 12.6. The first-order valence-electron chi connectivity index (χ1n) is 8.35. The van der Waals surface area contributed by atoms with Crippen molar-refractivity contribution in [2.45, 2.75) is 32.2 Å². The lowest BCUT2D eigenvalue weighted by atomic mass is 9.87. The highest BCUT2D eigenvalue weighted by molar-refractivity contribution is 7.99. The number of carbonyl (C=O) groups excluding carboxylic acids is 1. The SMILES string of the molecule is CC(C)(C)c1ccc(/C=C/C(=O)N2CCSCC2c2nn[nH]n2)cc1. The molecule has 132 valence electrons. The van der Waals surface area contributed by atoms with E-state index in [0.29, 0.717) is 12.4 Å². The molecule has 1 aromatic heterocycles. The fourth-order valence-corrected chi connectivity index (χ4v) is 3.79. The third kappa shape index (κ3) is 4.28. The molecule has 0 aliphatic carbocycles. The predicted molar refractivity (Wildman–Crippen MR) is 100 cm³/mol. The van der Waals surface area contributed by atoms with Gasteiger partial charge in [-0.05, 0) is 22.6 Å². The summed E-state index contributed by atoms with van der Waals surface area (Å²) in [7, 11) is 0. The van der Waals surface area contributed by atoms with Crippen molar-refractivity contribution in [3.05, 3.63) is 47.3 Å². The number of tetrazole rings is 1. The van der Waals surface area contributed by atoms with Gasteiger partial charge in [-0.15, -0.1) is 10.2 Å². The Morgan fingerprint density at radius 2 is 2.08 bits per heavy atom. The molecule has 2 aromatic rings. The van der Waals surface area contributed by atoms with Gasteiger partial charge < -0.3 is 4.90 Å². The van der Waals surface area contributed by atoms with Crippen LogP contribution in [0.3, 0.4) is 0 Å². The number of hydrogen-bond donors (Lipinski definition) is 1. The monoisotopic (exact) mass is 357 g/mol. The highest BCUT2D eigenvalue weighted by Gasteiger charge is 2.30. The normalized spacial score (nSPS) is 18.7. The molecule has 3 rings (SSSR count). The Labute approximate surface area is 152 Å². The van der Waals surface area contributed by atoms with Crippen LogP contribution in [-0.2, 0) is 10.2 Å². The van der Waals surface area contributed by atoms with Crippen molar-refractivity contribution in [3.63, 3.8) is 0 Å². The first-order chi connectivity index (χ1) is 11.9. The summed E-state index contributed by atoms with van der Waals surface area (Å²) < 4.78 is 0. The molecular weight excluding hydrogens is 334 g/mol. The van der Waals surface area contributed by atoms with E-state index in [4.69, 9.17) is 0 Å². The van der Waals surface area contributed by atoms with Crippen LogP contribution in [0.5, 0.6) is 0 Å². The average Bonchev–Trinajstić information content (AvgIpc) is 3.14. The molecule has 1 aliphatic heterocycles. The number of amides is 1. The lowest BCUT2D eigenvalue weighted by Gasteiger charge is -2.32. The van der Waals surface area contributed by atoms with E-state index >= 15 is 0 Å². The van der Waals surface area contributed by atoms with Gasteiger partial charge in [0.1, 0.15) is 6.04 Å². The van der Waals surface area contributed by atoms with Crippen LogP contribution in [0.1, 0.15) is 43.8 Å². The molecule has 1 unspecified atom stereocenters. The molecule has 0 radical (unpaired) electrons. The van der Waals surface area contributed by atoms with Crippen LogP contribution in [0.4, 0.5) is 0 Å². The fourth-order valence-electron chi connectivity index (χ4n) is 2.75. The van der Waals surface area contributed by atoms with Crippen molar-refractivity contribution < 1.29 is 4.79 Å². The summed E-state index contributed by atoms with van der Waals surface area (Å²) in [5.41, 5.74) is 2.42. The molecule has 1 aliphatic rings. The first-order valence-corrected chi connectivity index (χ1v) is 9.51. The standard InChI is InChI=1S/C18H23N5OS/c1-18(2,3)14-7-4-13(5-8-14)6-9-16(24)23-10-11-25-12-15(23)17-19-21-22-20-17/h4-9,15H,10-12H2,1-3H3,(H,19,20,21,22)/b9-6+. The van der Waals surface area contributed by atoms with Crippen molar-refractivity contribution in [3.8, 4) is 0 Å². The van der Waals surface area contributed by atoms with Gasteiger partial charge in [-0.1, -0.05) is 50.3 Å². The quantitative estimate of drug-likeness (QED) is 0.855. The van der Waals surface area contributed by atoms with Gasteiger partial charge in [0, 0.05) is 24.1 Å². The zero-order valence-electron chi connectivity index (χ0n) is 14.8. The Balaban J connectivity index is 1.71. The maximum atomic E-state index is 12.6.